The molecule has 0 aliphatic carbocycles. The average molecular weight is 181 g/mol. The van der Waals surface area contributed by atoms with Crippen LogP contribution in [0.5, 0.6) is 5.75 Å². The molecule has 2 N–H and O–H groups in total. The van der Waals surface area contributed by atoms with Crippen molar-refractivity contribution in [1.29, 1.82) is 0 Å². The van der Waals surface area contributed by atoms with Crippen LogP contribution in [0.15, 0.2) is 18.2 Å². The summed E-state index contributed by atoms with van der Waals surface area (Å²) in [7, 11) is 0. The summed E-state index contributed by atoms with van der Waals surface area (Å²) in [6, 6.07) is 4.42. The van der Waals surface area contributed by atoms with Gasteiger partial charge in [0.1, 0.15) is 11.6 Å². The molecule has 0 saturated carbocycles. The molecule has 1 aromatic rings. The fourth-order valence-electron chi connectivity index (χ4n) is 1.58. The van der Waals surface area contributed by atoms with Crippen LogP contribution in [-0.4, -0.2) is 6.61 Å². The van der Waals surface area contributed by atoms with Gasteiger partial charge in [0.2, 0.25) is 0 Å². The second-order valence-corrected chi connectivity index (χ2v) is 3.28. The van der Waals surface area contributed by atoms with E-state index in [1.165, 1.54) is 12.1 Å². The number of hydrogen-bond acceptors (Lipinski definition) is 2. The summed E-state index contributed by atoms with van der Waals surface area (Å²) < 4.78 is 18.3. The highest BCUT2D eigenvalue weighted by Crippen LogP contribution is 2.30. The third kappa shape index (κ3) is 1.65. The number of halogens is 1. The summed E-state index contributed by atoms with van der Waals surface area (Å²) >= 11 is 0. The molecule has 0 saturated heterocycles. The van der Waals surface area contributed by atoms with Gasteiger partial charge in [-0.15, -0.1) is 0 Å². The minimum absolute atomic E-state index is 0.0896. The van der Waals surface area contributed by atoms with E-state index in [-0.39, 0.29) is 11.9 Å². The van der Waals surface area contributed by atoms with E-state index in [0.717, 1.165) is 24.2 Å². The molecule has 70 valence electrons. The first-order chi connectivity index (χ1) is 6.27. The fourth-order valence-corrected chi connectivity index (χ4v) is 1.58. The molecule has 0 fully saturated rings. The molecule has 1 unspecified atom stereocenters. The maximum atomic E-state index is 12.9. The van der Waals surface area contributed by atoms with Gasteiger partial charge in [0.05, 0.1) is 6.61 Å². The topological polar surface area (TPSA) is 35.2 Å². The highest BCUT2D eigenvalue weighted by atomic mass is 19.1. The van der Waals surface area contributed by atoms with Crippen LogP contribution in [0.4, 0.5) is 4.39 Å². The molecular weight excluding hydrogens is 169 g/mol. The smallest absolute Gasteiger partial charge is 0.124 e. The Morgan fingerprint density at radius 2 is 2.31 bits per heavy atom. The number of nitrogens with two attached hydrogens (primary N) is 1. The molecule has 1 aromatic carbocycles. The highest BCUT2D eigenvalue weighted by Gasteiger charge is 2.16. The number of benzene rings is 1. The van der Waals surface area contributed by atoms with Crippen molar-refractivity contribution in [3.05, 3.63) is 29.6 Å². The predicted molar refractivity (Wildman–Crippen MR) is 48.1 cm³/mol. The quantitative estimate of drug-likeness (QED) is 0.664. The van der Waals surface area contributed by atoms with E-state index in [2.05, 4.69) is 0 Å². The summed E-state index contributed by atoms with van der Waals surface area (Å²) in [5.74, 6) is 0.478. The number of rotatable bonds is 0. The van der Waals surface area contributed by atoms with Crippen LogP contribution in [0.25, 0.3) is 0 Å². The molecule has 3 heteroatoms. The first kappa shape index (κ1) is 8.51. The second-order valence-electron chi connectivity index (χ2n) is 3.28. The number of hydrogen-bond donors (Lipinski definition) is 1. The van der Waals surface area contributed by atoms with Crippen LogP contribution in [0, 0.1) is 5.82 Å². The van der Waals surface area contributed by atoms with Crippen LogP contribution < -0.4 is 10.5 Å². The maximum absolute atomic E-state index is 12.9. The molecule has 2 rings (SSSR count). The SMILES string of the molecule is NC1CCCOc2ccc(F)cc21. The second kappa shape index (κ2) is 3.34. The van der Waals surface area contributed by atoms with E-state index < -0.39 is 0 Å². The van der Waals surface area contributed by atoms with Gasteiger partial charge in [0, 0.05) is 11.6 Å². The molecule has 1 heterocycles. The summed E-state index contributed by atoms with van der Waals surface area (Å²) in [6.45, 7) is 0.673. The standard InChI is InChI=1S/C10H12FNO/c11-7-3-4-10-8(6-7)9(12)2-1-5-13-10/h3-4,6,9H,1-2,5,12H2. The molecule has 1 aliphatic rings. The normalized spacial score (nSPS) is 21.5. The monoisotopic (exact) mass is 181 g/mol. The Labute approximate surface area is 76.5 Å². The van der Waals surface area contributed by atoms with Crippen LogP contribution >= 0.6 is 0 Å². The Morgan fingerprint density at radius 1 is 1.46 bits per heavy atom. The molecule has 0 aromatic heterocycles. The summed E-state index contributed by atoms with van der Waals surface area (Å²) in [5.41, 5.74) is 6.66. The van der Waals surface area contributed by atoms with Crippen LogP contribution in [-0.2, 0) is 0 Å². The Kier molecular flexibility index (Phi) is 2.19. The molecule has 0 spiro atoms. The van der Waals surface area contributed by atoms with E-state index in [9.17, 15) is 4.39 Å². The van der Waals surface area contributed by atoms with Crippen molar-refractivity contribution in [2.75, 3.05) is 6.61 Å². The van der Waals surface area contributed by atoms with E-state index in [0.29, 0.717) is 6.61 Å². The van der Waals surface area contributed by atoms with Crippen LogP contribution in [0.1, 0.15) is 24.4 Å². The Balaban J connectivity index is 2.43. The summed E-state index contributed by atoms with van der Waals surface area (Å²) in [4.78, 5) is 0. The summed E-state index contributed by atoms with van der Waals surface area (Å²) in [6.07, 6.45) is 1.79. The fraction of sp³-hybridized carbons (Fsp3) is 0.400. The Morgan fingerprint density at radius 3 is 3.15 bits per heavy atom. The largest absolute Gasteiger partial charge is 0.493 e. The molecule has 13 heavy (non-hydrogen) atoms. The van der Waals surface area contributed by atoms with Crippen molar-refractivity contribution in [3.63, 3.8) is 0 Å². The van der Waals surface area contributed by atoms with Gasteiger partial charge < -0.3 is 10.5 Å². The van der Waals surface area contributed by atoms with Crippen molar-refractivity contribution in [1.82, 2.24) is 0 Å². The van der Waals surface area contributed by atoms with Gasteiger partial charge in [0.15, 0.2) is 0 Å². The van der Waals surface area contributed by atoms with E-state index in [1.54, 1.807) is 6.07 Å². The van der Waals surface area contributed by atoms with Crippen LogP contribution in [0.3, 0.4) is 0 Å². The van der Waals surface area contributed by atoms with Gasteiger partial charge in [-0.05, 0) is 31.0 Å². The third-order valence-electron chi connectivity index (χ3n) is 2.29. The molecule has 2 nitrogen and oxygen atoms in total. The van der Waals surface area contributed by atoms with Gasteiger partial charge in [-0.2, -0.15) is 0 Å². The molecule has 1 aliphatic heterocycles. The Bertz CT molecular complexity index is 314. The first-order valence-corrected chi connectivity index (χ1v) is 4.45. The van der Waals surface area contributed by atoms with Gasteiger partial charge in [-0.25, -0.2) is 4.39 Å². The minimum Gasteiger partial charge on any atom is -0.493 e. The maximum Gasteiger partial charge on any atom is 0.124 e. The van der Waals surface area contributed by atoms with Crippen molar-refractivity contribution in [2.24, 2.45) is 5.73 Å². The zero-order valence-corrected chi connectivity index (χ0v) is 7.29. The lowest BCUT2D eigenvalue weighted by Crippen LogP contribution is -2.09. The lowest BCUT2D eigenvalue weighted by molar-refractivity contribution is 0.316. The lowest BCUT2D eigenvalue weighted by atomic mass is 10.0. The minimum atomic E-state index is -0.250. The molecule has 0 radical (unpaired) electrons. The zero-order chi connectivity index (χ0) is 9.26. The van der Waals surface area contributed by atoms with Crippen molar-refractivity contribution in [3.8, 4) is 5.75 Å². The molecule has 0 bridgehead atoms. The zero-order valence-electron chi connectivity index (χ0n) is 7.29. The number of fused-ring (bicyclic) bond motifs is 1. The third-order valence-corrected chi connectivity index (χ3v) is 2.29. The van der Waals surface area contributed by atoms with Gasteiger partial charge in [-0.3, -0.25) is 0 Å². The van der Waals surface area contributed by atoms with Gasteiger partial charge >= 0.3 is 0 Å². The number of ether oxygens (including phenoxy) is 1. The molecular formula is C10H12FNO. The first-order valence-electron chi connectivity index (χ1n) is 4.45. The lowest BCUT2D eigenvalue weighted by Gasteiger charge is -2.10. The average Bonchev–Trinajstić information content (AvgIpc) is 2.29. The molecule has 1 atom stereocenters. The van der Waals surface area contributed by atoms with Crippen molar-refractivity contribution >= 4 is 0 Å². The Hall–Kier alpha value is -1.09. The van der Waals surface area contributed by atoms with Gasteiger partial charge in [0.25, 0.3) is 0 Å². The van der Waals surface area contributed by atoms with E-state index in [1.807, 2.05) is 0 Å². The van der Waals surface area contributed by atoms with Crippen LogP contribution in [0.2, 0.25) is 0 Å². The predicted octanol–water partition coefficient (Wildman–Crippen LogP) is 2.00. The summed E-state index contributed by atoms with van der Waals surface area (Å²) in [5, 5.41) is 0. The van der Waals surface area contributed by atoms with Gasteiger partial charge in [-0.1, -0.05) is 0 Å². The molecule has 0 amide bonds. The van der Waals surface area contributed by atoms with E-state index in [4.69, 9.17) is 10.5 Å². The van der Waals surface area contributed by atoms with Crippen molar-refractivity contribution < 1.29 is 9.13 Å². The highest BCUT2D eigenvalue weighted by molar-refractivity contribution is 5.36. The van der Waals surface area contributed by atoms with E-state index >= 15 is 0 Å². The van der Waals surface area contributed by atoms with Crippen molar-refractivity contribution in [2.45, 2.75) is 18.9 Å².